The Morgan fingerprint density at radius 2 is 2.05 bits per heavy atom. The van der Waals surface area contributed by atoms with E-state index < -0.39 is 5.91 Å². The lowest BCUT2D eigenvalue weighted by molar-refractivity contribution is -0.131. The van der Waals surface area contributed by atoms with Gasteiger partial charge in [-0.05, 0) is 18.6 Å². The molecule has 7 nitrogen and oxygen atoms in total. The monoisotopic (exact) mass is 302 g/mol. The highest BCUT2D eigenvalue weighted by Crippen LogP contribution is 2.10. The molecule has 0 bridgehead atoms. The Balaban J connectivity index is 2.15. The molecule has 2 aromatic rings. The number of amides is 2. The van der Waals surface area contributed by atoms with E-state index in [0.29, 0.717) is 10.9 Å². The van der Waals surface area contributed by atoms with E-state index in [9.17, 15) is 14.4 Å². The van der Waals surface area contributed by atoms with E-state index in [4.69, 9.17) is 0 Å². The Kier molecular flexibility index (Phi) is 4.55. The molecule has 2 rings (SSSR count). The Morgan fingerprint density at radius 1 is 1.32 bits per heavy atom. The SMILES string of the molecule is Cc1cccc2c(=O)n(CC(=O)NCC(=O)N(C)C)cnc12. The number of aromatic nitrogens is 2. The molecule has 7 heteroatoms. The first-order valence-electron chi connectivity index (χ1n) is 6.81. The van der Waals surface area contributed by atoms with E-state index in [0.717, 1.165) is 5.56 Å². The number of nitrogens with one attached hydrogen (secondary N) is 1. The number of likely N-dealkylation sites (N-methyl/N-ethyl adjacent to an activating group) is 1. The van der Waals surface area contributed by atoms with Gasteiger partial charge in [0.15, 0.2) is 0 Å². The normalized spacial score (nSPS) is 10.5. The number of rotatable bonds is 4. The third-order valence-electron chi connectivity index (χ3n) is 3.30. The highest BCUT2D eigenvalue weighted by molar-refractivity contribution is 5.85. The van der Waals surface area contributed by atoms with Crippen molar-refractivity contribution in [2.75, 3.05) is 20.6 Å². The van der Waals surface area contributed by atoms with Gasteiger partial charge in [-0.1, -0.05) is 12.1 Å². The second kappa shape index (κ2) is 6.38. The van der Waals surface area contributed by atoms with Crippen LogP contribution in [0.25, 0.3) is 10.9 Å². The van der Waals surface area contributed by atoms with Crippen LogP contribution in [-0.4, -0.2) is 46.9 Å². The molecule has 116 valence electrons. The summed E-state index contributed by atoms with van der Waals surface area (Å²) in [6.45, 7) is 1.61. The van der Waals surface area contributed by atoms with Crippen molar-refractivity contribution in [1.29, 1.82) is 0 Å². The van der Waals surface area contributed by atoms with Crippen LogP contribution in [0, 0.1) is 6.92 Å². The van der Waals surface area contributed by atoms with Crippen molar-refractivity contribution < 1.29 is 9.59 Å². The topological polar surface area (TPSA) is 84.3 Å². The molecule has 0 radical (unpaired) electrons. The molecule has 0 unspecified atom stereocenters. The molecule has 2 amide bonds. The van der Waals surface area contributed by atoms with Crippen LogP contribution in [0.5, 0.6) is 0 Å². The highest BCUT2D eigenvalue weighted by Gasteiger charge is 2.11. The molecular formula is C15H18N4O3. The number of nitrogens with zero attached hydrogens (tertiary/aromatic N) is 3. The van der Waals surface area contributed by atoms with Crippen LogP contribution < -0.4 is 10.9 Å². The summed E-state index contributed by atoms with van der Waals surface area (Å²) in [7, 11) is 3.21. The number of hydrogen-bond acceptors (Lipinski definition) is 4. The fraction of sp³-hybridized carbons (Fsp3) is 0.333. The fourth-order valence-corrected chi connectivity index (χ4v) is 1.99. The Hall–Kier alpha value is -2.70. The van der Waals surface area contributed by atoms with Gasteiger partial charge in [0.1, 0.15) is 6.54 Å². The van der Waals surface area contributed by atoms with E-state index >= 15 is 0 Å². The average molecular weight is 302 g/mol. The molecule has 0 saturated carbocycles. The van der Waals surface area contributed by atoms with Gasteiger partial charge in [0.2, 0.25) is 11.8 Å². The summed E-state index contributed by atoms with van der Waals surface area (Å²) in [5.74, 6) is -0.626. The molecule has 0 aliphatic heterocycles. The van der Waals surface area contributed by atoms with Gasteiger partial charge in [0, 0.05) is 14.1 Å². The minimum absolute atomic E-state index is 0.0965. The first-order valence-corrected chi connectivity index (χ1v) is 6.81. The fourth-order valence-electron chi connectivity index (χ4n) is 1.99. The van der Waals surface area contributed by atoms with Crippen LogP contribution in [-0.2, 0) is 16.1 Å². The third-order valence-corrected chi connectivity index (χ3v) is 3.30. The molecule has 22 heavy (non-hydrogen) atoms. The molecule has 1 aromatic carbocycles. The predicted octanol–water partition coefficient (Wildman–Crippen LogP) is -0.0907. The van der Waals surface area contributed by atoms with Crippen molar-refractivity contribution in [2.24, 2.45) is 0 Å². The van der Waals surface area contributed by atoms with Gasteiger partial charge in [-0.15, -0.1) is 0 Å². The minimum atomic E-state index is -0.411. The lowest BCUT2D eigenvalue weighted by atomic mass is 10.1. The molecule has 1 N–H and O–H groups in total. The van der Waals surface area contributed by atoms with Crippen molar-refractivity contribution in [3.63, 3.8) is 0 Å². The molecule has 0 fully saturated rings. The summed E-state index contributed by atoms with van der Waals surface area (Å²) in [5, 5.41) is 2.95. The van der Waals surface area contributed by atoms with Crippen LogP contribution in [0.2, 0.25) is 0 Å². The number of fused-ring (bicyclic) bond motifs is 1. The molecule has 0 aliphatic carbocycles. The quantitative estimate of drug-likeness (QED) is 0.855. The van der Waals surface area contributed by atoms with Crippen molar-refractivity contribution >= 4 is 22.7 Å². The van der Waals surface area contributed by atoms with Crippen molar-refractivity contribution in [1.82, 2.24) is 19.8 Å². The van der Waals surface area contributed by atoms with Crippen LogP contribution in [0.4, 0.5) is 0 Å². The first kappa shape index (κ1) is 15.7. The van der Waals surface area contributed by atoms with E-state index in [1.54, 1.807) is 26.2 Å². The maximum Gasteiger partial charge on any atom is 0.261 e. The smallest absolute Gasteiger partial charge is 0.261 e. The van der Waals surface area contributed by atoms with Gasteiger partial charge in [-0.3, -0.25) is 19.0 Å². The lowest BCUT2D eigenvalue weighted by Crippen LogP contribution is -2.39. The summed E-state index contributed by atoms with van der Waals surface area (Å²) >= 11 is 0. The van der Waals surface area contributed by atoms with Crippen molar-refractivity contribution in [3.05, 3.63) is 40.4 Å². The van der Waals surface area contributed by atoms with Crippen LogP contribution in [0.15, 0.2) is 29.3 Å². The average Bonchev–Trinajstić information content (AvgIpc) is 2.48. The number of hydrogen-bond donors (Lipinski definition) is 1. The molecule has 1 aromatic heterocycles. The van der Waals surface area contributed by atoms with Gasteiger partial charge in [-0.2, -0.15) is 0 Å². The molecule has 0 spiro atoms. The zero-order chi connectivity index (χ0) is 16.3. The minimum Gasteiger partial charge on any atom is -0.347 e. The van der Waals surface area contributed by atoms with Crippen LogP contribution in [0.1, 0.15) is 5.56 Å². The van der Waals surface area contributed by atoms with Gasteiger partial charge in [-0.25, -0.2) is 4.98 Å². The Labute approximate surface area is 127 Å². The zero-order valence-corrected chi connectivity index (χ0v) is 12.8. The van der Waals surface area contributed by atoms with Crippen molar-refractivity contribution in [2.45, 2.75) is 13.5 Å². The van der Waals surface area contributed by atoms with Gasteiger partial charge < -0.3 is 10.2 Å². The summed E-state index contributed by atoms with van der Waals surface area (Å²) in [6.07, 6.45) is 1.35. The van der Waals surface area contributed by atoms with Crippen LogP contribution in [0.3, 0.4) is 0 Å². The molecule has 0 saturated heterocycles. The second-order valence-corrected chi connectivity index (χ2v) is 5.21. The first-order chi connectivity index (χ1) is 10.4. The number of aryl methyl sites for hydroxylation is 1. The summed E-state index contributed by atoms with van der Waals surface area (Å²) in [5.41, 5.74) is 1.26. The lowest BCUT2D eigenvalue weighted by Gasteiger charge is -2.11. The van der Waals surface area contributed by atoms with Gasteiger partial charge >= 0.3 is 0 Å². The third kappa shape index (κ3) is 3.30. The van der Waals surface area contributed by atoms with Crippen molar-refractivity contribution in [3.8, 4) is 0 Å². The Bertz CT molecular complexity index is 780. The van der Waals surface area contributed by atoms with E-state index in [1.807, 2.05) is 13.0 Å². The standard InChI is InChI=1S/C15H18N4O3/c1-10-5-4-6-11-14(10)17-9-19(15(11)22)8-12(20)16-7-13(21)18(2)3/h4-6,9H,7-8H2,1-3H3,(H,16,20). The second-order valence-electron chi connectivity index (χ2n) is 5.21. The van der Waals surface area contributed by atoms with Gasteiger partial charge in [0.25, 0.3) is 5.56 Å². The summed E-state index contributed by atoms with van der Waals surface area (Å²) in [4.78, 5) is 41.2. The number of carbonyl (C=O) groups excluding carboxylic acids is 2. The molecule has 0 atom stereocenters. The highest BCUT2D eigenvalue weighted by atomic mass is 16.2. The molecule has 0 aliphatic rings. The van der Waals surface area contributed by atoms with E-state index in [-0.39, 0.29) is 24.6 Å². The zero-order valence-electron chi connectivity index (χ0n) is 12.8. The summed E-state index contributed by atoms with van der Waals surface area (Å²) < 4.78 is 1.23. The maximum absolute atomic E-state index is 12.3. The largest absolute Gasteiger partial charge is 0.347 e. The van der Waals surface area contributed by atoms with E-state index in [2.05, 4.69) is 10.3 Å². The molecular weight excluding hydrogens is 284 g/mol. The van der Waals surface area contributed by atoms with E-state index in [1.165, 1.54) is 15.8 Å². The predicted molar refractivity (Wildman–Crippen MR) is 82.4 cm³/mol. The van der Waals surface area contributed by atoms with Gasteiger partial charge in [0.05, 0.1) is 23.8 Å². The summed E-state index contributed by atoms with van der Waals surface area (Å²) in [6, 6.07) is 5.33. The maximum atomic E-state index is 12.3. The number of carbonyl (C=O) groups is 2. The Morgan fingerprint density at radius 3 is 2.73 bits per heavy atom. The number of benzene rings is 1. The van der Waals surface area contributed by atoms with Crippen LogP contribution >= 0.6 is 0 Å². The number of para-hydroxylation sites is 1. The molecule has 1 heterocycles.